The normalized spacial score (nSPS) is 27.3. The summed E-state index contributed by atoms with van der Waals surface area (Å²) in [6.45, 7) is 4.26. The third kappa shape index (κ3) is 2.46. The van der Waals surface area contributed by atoms with Crippen LogP contribution < -0.4 is 11.5 Å². The monoisotopic (exact) mass is 171 g/mol. The van der Waals surface area contributed by atoms with Gasteiger partial charge in [-0.3, -0.25) is 9.69 Å². The zero-order valence-electron chi connectivity index (χ0n) is 7.49. The Balaban J connectivity index is 2.30. The lowest BCUT2D eigenvalue weighted by Crippen LogP contribution is -2.34. The Kier molecular flexibility index (Phi) is 3.05. The van der Waals surface area contributed by atoms with Crippen molar-refractivity contribution in [3.63, 3.8) is 0 Å². The van der Waals surface area contributed by atoms with E-state index >= 15 is 0 Å². The molecule has 1 rings (SSSR count). The van der Waals surface area contributed by atoms with Crippen molar-refractivity contribution >= 4 is 5.91 Å². The van der Waals surface area contributed by atoms with Crippen LogP contribution in [-0.4, -0.2) is 36.5 Å². The van der Waals surface area contributed by atoms with Crippen molar-refractivity contribution in [1.82, 2.24) is 4.90 Å². The number of primary amides is 1. The minimum absolute atomic E-state index is 0.225. The van der Waals surface area contributed by atoms with Crippen molar-refractivity contribution in [2.24, 2.45) is 17.4 Å². The molecule has 4 heteroatoms. The molecule has 0 radical (unpaired) electrons. The first-order valence-electron chi connectivity index (χ1n) is 4.36. The zero-order valence-corrected chi connectivity index (χ0v) is 7.49. The molecule has 1 aliphatic heterocycles. The number of nitrogens with zero attached hydrogens (tertiary/aromatic N) is 1. The van der Waals surface area contributed by atoms with Crippen molar-refractivity contribution in [1.29, 1.82) is 0 Å². The summed E-state index contributed by atoms with van der Waals surface area (Å²) in [5.74, 6) is 0.282. The van der Waals surface area contributed by atoms with Gasteiger partial charge in [-0.1, -0.05) is 0 Å². The lowest BCUT2D eigenvalue weighted by molar-refractivity contribution is -0.118. The van der Waals surface area contributed by atoms with Crippen molar-refractivity contribution in [2.45, 2.75) is 19.4 Å². The van der Waals surface area contributed by atoms with Gasteiger partial charge in [0.2, 0.25) is 5.91 Å². The Morgan fingerprint density at radius 2 is 2.42 bits per heavy atom. The minimum atomic E-state index is -0.250. The molecule has 0 saturated carbocycles. The van der Waals surface area contributed by atoms with Gasteiger partial charge in [-0.05, 0) is 25.8 Å². The van der Waals surface area contributed by atoms with Gasteiger partial charge in [-0.15, -0.1) is 0 Å². The Hall–Kier alpha value is -0.610. The zero-order chi connectivity index (χ0) is 9.14. The fourth-order valence-electron chi connectivity index (χ4n) is 1.66. The quantitative estimate of drug-likeness (QED) is 0.580. The molecule has 2 unspecified atom stereocenters. The number of hydrogen-bond donors (Lipinski definition) is 2. The van der Waals surface area contributed by atoms with E-state index in [0.717, 1.165) is 19.5 Å². The Morgan fingerprint density at radius 3 is 2.83 bits per heavy atom. The summed E-state index contributed by atoms with van der Waals surface area (Å²) < 4.78 is 0. The van der Waals surface area contributed by atoms with Gasteiger partial charge in [0, 0.05) is 12.6 Å². The molecular weight excluding hydrogens is 154 g/mol. The maximum Gasteiger partial charge on any atom is 0.231 e. The fraction of sp³-hybridized carbons (Fsp3) is 0.875. The molecule has 0 bridgehead atoms. The summed E-state index contributed by atoms with van der Waals surface area (Å²) in [4.78, 5) is 12.6. The van der Waals surface area contributed by atoms with Crippen LogP contribution in [0.2, 0.25) is 0 Å². The molecule has 1 fully saturated rings. The molecule has 1 heterocycles. The first-order chi connectivity index (χ1) is 5.59. The van der Waals surface area contributed by atoms with Gasteiger partial charge in [0.05, 0.1) is 6.54 Å². The molecule has 0 aromatic carbocycles. The highest BCUT2D eigenvalue weighted by Gasteiger charge is 2.25. The highest BCUT2D eigenvalue weighted by atomic mass is 16.1. The molecule has 1 aliphatic rings. The van der Waals surface area contributed by atoms with Gasteiger partial charge in [0.25, 0.3) is 0 Å². The minimum Gasteiger partial charge on any atom is -0.369 e. The van der Waals surface area contributed by atoms with Crippen molar-refractivity contribution in [3.05, 3.63) is 0 Å². The average Bonchev–Trinajstić information content (AvgIpc) is 2.34. The Bertz CT molecular complexity index is 170. The van der Waals surface area contributed by atoms with Gasteiger partial charge in [-0.25, -0.2) is 0 Å². The standard InChI is InChI=1S/C8H17N3O/c1-6(9)7-2-3-11(4-7)5-8(10)12/h6-7H,2-5,9H2,1H3,(H2,10,12). The Morgan fingerprint density at radius 1 is 1.75 bits per heavy atom. The van der Waals surface area contributed by atoms with E-state index in [-0.39, 0.29) is 11.9 Å². The van der Waals surface area contributed by atoms with Gasteiger partial charge < -0.3 is 11.5 Å². The van der Waals surface area contributed by atoms with E-state index in [4.69, 9.17) is 11.5 Å². The van der Waals surface area contributed by atoms with E-state index in [0.29, 0.717) is 12.5 Å². The number of rotatable bonds is 3. The SMILES string of the molecule is CC(N)C1CCN(CC(N)=O)C1. The topological polar surface area (TPSA) is 72.3 Å². The summed E-state index contributed by atoms with van der Waals surface area (Å²) in [5, 5.41) is 0. The van der Waals surface area contributed by atoms with E-state index in [9.17, 15) is 4.79 Å². The highest BCUT2D eigenvalue weighted by molar-refractivity contribution is 5.75. The molecule has 12 heavy (non-hydrogen) atoms. The third-order valence-electron chi connectivity index (χ3n) is 2.43. The lowest BCUT2D eigenvalue weighted by Gasteiger charge is -2.15. The van der Waals surface area contributed by atoms with Crippen LogP contribution in [0.1, 0.15) is 13.3 Å². The molecule has 4 nitrogen and oxygen atoms in total. The molecule has 0 aromatic heterocycles. The third-order valence-corrected chi connectivity index (χ3v) is 2.43. The van der Waals surface area contributed by atoms with Crippen LogP contribution in [0.15, 0.2) is 0 Å². The van der Waals surface area contributed by atoms with E-state index in [1.165, 1.54) is 0 Å². The number of carbonyl (C=O) groups excluding carboxylic acids is 1. The summed E-state index contributed by atoms with van der Waals surface area (Å²) in [5.41, 5.74) is 10.8. The van der Waals surface area contributed by atoms with Crippen LogP contribution in [0.4, 0.5) is 0 Å². The second-order valence-corrected chi connectivity index (χ2v) is 3.61. The van der Waals surface area contributed by atoms with Gasteiger partial charge in [0.1, 0.15) is 0 Å². The second kappa shape index (κ2) is 3.87. The average molecular weight is 171 g/mol. The molecule has 0 aromatic rings. The molecule has 4 N–H and O–H groups in total. The first kappa shape index (κ1) is 9.48. The number of hydrogen-bond acceptors (Lipinski definition) is 3. The molecule has 1 saturated heterocycles. The first-order valence-corrected chi connectivity index (χ1v) is 4.36. The molecule has 1 amide bonds. The number of likely N-dealkylation sites (tertiary alicyclic amines) is 1. The van der Waals surface area contributed by atoms with E-state index in [1.807, 2.05) is 6.92 Å². The number of amides is 1. The summed E-state index contributed by atoms with van der Waals surface area (Å²) in [6.07, 6.45) is 1.09. The maximum atomic E-state index is 10.6. The Labute approximate surface area is 72.9 Å². The molecule has 0 aliphatic carbocycles. The largest absolute Gasteiger partial charge is 0.369 e. The number of carbonyl (C=O) groups is 1. The van der Waals surface area contributed by atoms with Crippen LogP contribution >= 0.6 is 0 Å². The van der Waals surface area contributed by atoms with E-state index in [2.05, 4.69) is 4.90 Å². The summed E-state index contributed by atoms with van der Waals surface area (Å²) in [6, 6.07) is 0.225. The predicted octanol–water partition coefficient (Wildman–Crippen LogP) is -0.859. The summed E-state index contributed by atoms with van der Waals surface area (Å²) >= 11 is 0. The van der Waals surface area contributed by atoms with Crippen LogP contribution in [0.3, 0.4) is 0 Å². The van der Waals surface area contributed by atoms with E-state index in [1.54, 1.807) is 0 Å². The number of nitrogens with two attached hydrogens (primary N) is 2. The van der Waals surface area contributed by atoms with Crippen molar-refractivity contribution in [3.8, 4) is 0 Å². The van der Waals surface area contributed by atoms with Gasteiger partial charge >= 0.3 is 0 Å². The van der Waals surface area contributed by atoms with Crippen LogP contribution in [0, 0.1) is 5.92 Å². The van der Waals surface area contributed by atoms with Crippen LogP contribution in [0.5, 0.6) is 0 Å². The second-order valence-electron chi connectivity index (χ2n) is 3.61. The van der Waals surface area contributed by atoms with Crippen molar-refractivity contribution < 1.29 is 4.79 Å². The molecule has 2 atom stereocenters. The van der Waals surface area contributed by atoms with Crippen LogP contribution in [0.25, 0.3) is 0 Å². The molecule has 70 valence electrons. The predicted molar refractivity (Wildman–Crippen MR) is 47.4 cm³/mol. The smallest absolute Gasteiger partial charge is 0.231 e. The fourth-order valence-corrected chi connectivity index (χ4v) is 1.66. The summed E-state index contributed by atoms with van der Waals surface area (Å²) in [7, 11) is 0. The molecule has 0 spiro atoms. The maximum absolute atomic E-state index is 10.6. The molecular formula is C8H17N3O. The lowest BCUT2D eigenvalue weighted by atomic mass is 10.0. The van der Waals surface area contributed by atoms with Crippen LogP contribution in [-0.2, 0) is 4.79 Å². The van der Waals surface area contributed by atoms with Crippen molar-refractivity contribution in [2.75, 3.05) is 19.6 Å². The van der Waals surface area contributed by atoms with E-state index < -0.39 is 0 Å². The van der Waals surface area contributed by atoms with Gasteiger partial charge in [0.15, 0.2) is 0 Å². The van der Waals surface area contributed by atoms with Gasteiger partial charge in [-0.2, -0.15) is 0 Å². The highest BCUT2D eigenvalue weighted by Crippen LogP contribution is 2.17.